The lowest BCUT2D eigenvalue weighted by Crippen LogP contribution is -2.43. The first kappa shape index (κ1) is 13.8. The molecule has 1 atom stereocenters. The maximum atomic E-state index is 11.7. The summed E-state index contributed by atoms with van der Waals surface area (Å²) in [6.45, 7) is -0.738. The van der Waals surface area contributed by atoms with E-state index in [1.54, 1.807) is 0 Å². The minimum atomic E-state index is -1.42. The van der Waals surface area contributed by atoms with Crippen molar-refractivity contribution in [3.05, 3.63) is 23.8 Å². The van der Waals surface area contributed by atoms with Crippen molar-refractivity contribution in [3.8, 4) is 11.5 Å². The Bertz CT molecular complexity index is 459. The molecular formula is C11H13NO6. The van der Waals surface area contributed by atoms with Crippen molar-refractivity contribution in [1.82, 2.24) is 5.32 Å². The number of aliphatic carboxylic acids is 1. The molecule has 0 bridgehead atoms. The molecule has 7 heteroatoms. The van der Waals surface area contributed by atoms with Crippen molar-refractivity contribution in [2.45, 2.75) is 6.04 Å². The van der Waals surface area contributed by atoms with Gasteiger partial charge in [0.05, 0.1) is 19.3 Å². The van der Waals surface area contributed by atoms with Gasteiger partial charge < -0.3 is 25.4 Å². The Labute approximate surface area is 103 Å². The predicted octanol–water partition coefficient (Wildman–Crippen LogP) is -0.424. The molecule has 98 valence electrons. The highest BCUT2D eigenvalue weighted by molar-refractivity contribution is 5.99. The van der Waals surface area contributed by atoms with Crippen LogP contribution in [0.3, 0.4) is 0 Å². The summed E-state index contributed by atoms with van der Waals surface area (Å²) in [5.41, 5.74) is -0.101. The van der Waals surface area contributed by atoms with Gasteiger partial charge in [0.25, 0.3) is 5.91 Å². The lowest BCUT2D eigenvalue weighted by Gasteiger charge is -2.12. The van der Waals surface area contributed by atoms with Gasteiger partial charge in [-0.3, -0.25) is 4.79 Å². The molecule has 0 aliphatic heterocycles. The SMILES string of the molecule is COc1ccc(C(=O)N[C@H](CO)C(=O)O)c(O)c1. The molecule has 1 aromatic rings. The molecule has 0 aliphatic rings. The van der Waals surface area contributed by atoms with E-state index in [2.05, 4.69) is 5.32 Å². The number of carboxylic acids is 1. The van der Waals surface area contributed by atoms with Gasteiger partial charge in [-0.15, -0.1) is 0 Å². The van der Waals surface area contributed by atoms with Gasteiger partial charge in [0.1, 0.15) is 11.5 Å². The zero-order valence-electron chi connectivity index (χ0n) is 9.58. The number of carbonyl (C=O) groups excluding carboxylic acids is 1. The Kier molecular flexibility index (Phi) is 4.50. The largest absolute Gasteiger partial charge is 0.507 e. The smallest absolute Gasteiger partial charge is 0.328 e. The fourth-order valence-electron chi connectivity index (χ4n) is 1.25. The van der Waals surface area contributed by atoms with E-state index in [9.17, 15) is 14.7 Å². The molecule has 0 aliphatic carbocycles. The normalized spacial score (nSPS) is 11.7. The van der Waals surface area contributed by atoms with Crippen molar-refractivity contribution in [3.63, 3.8) is 0 Å². The second-order valence-corrected chi connectivity index (χ2v) is 3.43. The monoisotopic (exact) mass is 255 g/mol. The zero-order chi connectivity index (χ0) is 13.7. The van der Waals surface area contributed by atoms with E-state index in [0.717, 1.165) is 0 Å². The number of hydrogen-bond acceptors (Lipinski definition) is 5. The molecule has 0 heterocycles. The zero-order valence-corrected chi connectivity index (χ0v) is 9.58. The summed E-state index contributed by atoms with van der Waals surface area (Å²) in [6.07, 6.45) is 0. The summed E-state index contributed by atoms with van der Waals surface area (Å²) in [5.74, 6) is -2.13. The van der Waals surface area contributed by atoms with Crippen LogP contribution >= 0.6 is 0 Å². The average molecular weight is 255 g/mol. The molecular weight excluding hydrogens is 242 g/mol. The van der Waals surface area contributed by atoms with Crippen molar-refractivity contribution < 1.29 is 29.6 Å². The highest BCUT2D eigenvalue weighted by atomic mass is 16.5. The standard InChI is InChI=1S/C11H13NO6/c1-18-6-2-3-7(9(14)4-6)10(15)12-8(5-13)11(16)17/h2-4,8,13-14H,5H2,1H3,(H,12,15)(H,16,17)/t8-/m1/s1. The van der Waals surface area contributed by atoms with Crippen LogP contribution in [0.4, 0.5) is 0 Å². The van der Waals surface area contributed by atoms with E-state index in [4.69, 9.17) is 14.9 Å². The minimum Gasteiger partial charge on any atom is -0.507 e. The third kappa shape index (κ3) is 3.11. The lowest BCUT2D eigenvalue weighted by atomic mass is 10.1. The van der Waals surface area contributed by atoms with Crippen LogP contribution in [0, 0.1) is 0 Å². The van der Waals surface area contributed by atoms with Gasteiger partial charge in [0.15, 0.2) is 6.04 Å². The fraction of sp³-hybridized carbons (Fsp3) is 0.273. The second kappa shape index (κ2) is 5.87. The van der Waals surface area contributed by atoms with Crippen molar-refractivity contribution in [2.75, 3.05) is 13.7 Å². The van der Waals surface area contributed by atoms with Crippen LogP contribution in [0.1, 0.15) is 10.4 Å². The topological polar surface area (TPSA) is 116 Å². The number of hydrogen-bond donors (Lipinski definition) is 4. The molecule has 1 aromatic carbocycles. The summed E-state index contributed by atoms with van der Waals surface area (Å²) < 4.78 is 4.84. The van der Waals surface area contributed by atoms with Crippen LogP contribution in [0.15, 0.2) is 18.2 Å². The molecule has 18 heavy (non-hydrogen) atoms. The third-order valence-corrected chi connectivity index (χ3v) is 2.24. The number of amides is 1. The molecule has 0 saturated carbocycles. The van der Waals surface area contributed by atoms with Crippen LogP contribution in [0.25, 0.3) is 0 Å². The number of benzene rings is 1. The predicted molar refractivity (Wildman–Crippen MR) is 60.6 cm³/mol. The first-order valence-electron chi connectivity index (χ1n) is 5.01. The van der Waals surface area contributed by atoms with E-state index in [1.165, 1.54) is 25.3 Å². The fourth-order valence-corrected chi connectivity index (χ4v) is 1.25. The summed E-state index contributed by atoms with van der Waals surface area (Å²) >= 11 is 0. The average Bonchev–Trinajstić information content (AvgIpc) is 2.34. The molecule has 0 unspecified atom stereocenters. The van der Waals surface area contributed by atoms with Crippen LogP contribution in [0.2, 0.25) is 0 Å². The number of rotatable bonds is 5. The van der Waals surface area contributed by atoms with E-state index in [1.807, 2.05) is 0 Å². The van der Waals surface area contributed by atoms with Crippen LogP contribution < -0.4 is 10.1 Å². The number of nitrogens with one attached hydrogen (secondary N) is 1. The van der Waals surface area contributed by atoms with E-state index in [-0.39, 0.29) is 11.3 Å². The summed E-state index contributed by atoms with van der Waals surface area (Å²) in [7, 11) is 1.40. The van der Waals surface area contributed by atoms with Gasteiger partial charge in [-0.25, -0.2) is 4.79 Å². The number of phenols is 1. The molecule has 4 N–H and O–H groups in total. The quantitative estimate of drug-likeness (QED) is 0.567. The number of methoxy groups -OCH3 is 1. The molecule has 0 spiro atoms. The molecule has 7 nitrogen and oxygen atoms in total. The molecule has 1 rings (SSSR count). The number of carbonyl (C=O) groups is 2. The first-order valence-corrected chi connectivity index (χ1v) is 5.01. The summed E-state index contributed by atoms with van der Waals surface area (Å²) in [6, 6.07) is 2.55. The number of ether oxygens (including phenoxy) is 1. The van der Waals surface area contributed by atoms with Gasteiger partial charge >= 0.3 is 5.97 Å². The van der Waals surface area contributed by atoms with E-state index in [0.29, 0.717) is 5.75 Å². The maximum Gasteiger partial charge on any atom is 0.328 e. The van der Waals surface area contributed by atoms with Crippen molar-refractivity contribution in [2.24, 2.45) is 0 Å². The lowest BCUT2D eigenvalue weighted by molar-refractivity contribution is -0.140. The first-order chi connectivity index (χ1) is 8.49. The number of phenolic OH excluding ortho intramolecular Hbond substituents is 1. The Hall–Kier alpha value is -2.28. The Morgan fingerprint density at radius 2 is 2.11 bits per heavy atom. The Morgan fingerprint density at radius 3 is 2.56 bits per heavy atom. The minimum absolute atomic E-state index is 0.101. The van der Waals surface area contributed by atoms with Crippen molar-refractivity contribution in [1.29, 1.82) is 0 Å². The van der Waals surface area contributed by atoms with Gasteiger partial charge in [0, 0.05) is 6.07 Å². The van der Waals surface area contributed by atoms with Gasteiger partial charge in [-0.05, 0) is 12.1 Å². The molecule has 1 amide bonds. The maximum absolute atomic E-state index is 11.7. The van der Waals surface area contributed by atoms with Gasteiger partial charge in [0.2, 0.25) is 0 Å². The summed E-state index contributed by atoms with van der Waals surface area (Å²) in [5, 5.41) is 29.1. The van der Waals surface area contributed by atoms with Gasteiger partial charge in [-0.1, -0.05) is 0 Å². The molecule has 0 aromatic heterocycles. The highest BCUT2D eigenvalue weighted by Gasteiger charge is 2.21. The third-order valence-electron chi connectivity index (χ3n) is 2.24. The second-order valence-electron chi connectivity index (χ2n) is 3.43. The van der Waals surface area contributed by atoms with E-state index >= 15 is 0 Å². The molecule has 0 fully saturated rings. The summed E-state index contributed by atoms with van der Waals surface area (Å²) in [4.78, 5) is 22.3. The van der Waals surface area contributed by atoms with Crippen LogP contribution in [0.5, 0.6) is 11.5 Å². The molecule has 0 saturated heterocycles. The van der Waals surface area contributed by atoms with Crippen molar-refractivity contribution >= 4 is 11.9 Å². The highest BCUT2D eigenvalue weighted by Crippen LogP contribution is 2.23. The number of aliphatic hydroxyl groups excluding tert-OH is 1. The Morgan fingerprint density at radius 1 is 1.44 bits per heavy atom. The number of carboxylic acid groups (broad SMARTS) is 1. The Balaban J connectivity index is 2.87. The number of aliphatic hydroxyl groups is 1. The van der Waals surface area contributed by atoms with Gasteiger partial charge in [-0.2, -0.15) is 0 Å². The molecule has 0 radical (unpaired) electrons. The van der Waals surface area contributed by atoms with Crippen LogP contribution in [-0.2, 0) is 4.79 Å². The van der Waals surface area contributed by atoms with Crippen LogP contribution in [-0.4, -0.2) is 47.0 Å². The van der Waals surface area contributed by atoms with E-state index < -0.39 is 24.5 Å². The number of aromatic hydroxyl groups is 1.